The van der Waals surface area contributed by atoms with E-state index in [0.29, 0.717) is 44.3 Å². The third-order valence-electron chi connectivity index (χ3n) is 14.5. The van der Waals surface area contributed by atoms with Crippen LogP contribution < -0.4 is 15.6 Å². The van der Waals surface area contributed by atoms with Crippen molar-refractivity contribution >= 4 is 46.2 Å². The van der Waals surface area contributed by atoms with Crippen molar-refractivity contribution in [2.45, 2.75) is 104 Å². The molecule has 16 nitrogen and oxygen atoms in total. The number of aromatic nitrogens is 2. The van der Waals surface area contributed by atoms with Gasteiger partial charge in [0, 0.05) is 94.0 Å². The number of benzene rings is 2. The number of fused-ring (bicyclic) bond motifs is 7. The lowest BCUT2D eigenvalue weighted by molar-refractivity contribution is -0.155. The maximum absolute atomic E-state index is 14.8. The Kier molecular flexibility index (Phi) is 14.2. The van der Waals surface area contributed by atoms with Crippen LogP contribution in [0.4, 0.5) is 5.69 Å². The molecule has 2 saturated heterocycles. The van der Waals surface area contributed by atoms with Gasteiger partial charge in [-0.2, -0.15) is 0 Å². The van der Waals surface area contributed by atoms with Gasteiger partial charge in [0.2, 0.25) is 17.7 Å². The number of likely N-dealkylation sites (N-methyl/N-ethyl adjacent to an activating group) is 1. The monoisotopic (exact) mass is 945 g/mol. The van der Waals surface area contributed by atoms with Gasteiger partial charge in [-0.1, -0.05) is 46.4 Å². The Morgan fingerprint density at radius 3 is 2.58 bits per heavy atom. The molecular formula is C53H68N8O8. The van der Waals surface area contributed by atoms with E-state index in [1.54, 1.807) is 31.2 Å². The maximum Gasteiger partial charge on any atom is 0.324 e. The fourth-order valence-electron chi connectivity index (χ4n) is 11.0. The fourth-order valence-corrected chi connectivity index (χ4v) is 11.0. The largest absolute Gasteiger partial charge is 0.508 e. The van der Waals surface area contributed by atoms with Crippen molar-refractivity contribution < 1.29 is 38.6 Å². The van der Waals surface area contributed by atoms with Gasteiger partial charge < -0.3 is 39.2 Å². The van der Waals surface area contributed by atoms with Crippen molar-refractivity contribution in [3.05, 3.63) is 78.1 Å². The highest BCUT2D eigenvalue weighted by atomic mass is 16.5. The number of nitrogens with zero attached hydrogens (tertiary/aromatic N) is 6. The SMILES string of the molecule is C=CC(=O)N1CC[C@H](C(=O)N(C)C(C(=O)N[C@H]2Cc3cc(O)cc(c3)-c3ccc4c(c3)c(c(-c3cncc5c3[C@@H](OC)CCN5C)n4CC)CC(C)(C)COC(=O)[C@@H]3CCCN(N3)C2=O)C(C)C)C1. The number of pyridine rings is 1. The van der Waals surface area contributed by atoms with Gasteiger partial charge in [-0.05, 0) is 97.5 Å². The molecule has 0 aliphatic carbocycles. The molecule has 8 rings (SSSR count). The minimum atomic E-state index is -1.17. The second-order valence-corrected chi connectivity index (χ2v) is 20.4. The first kappa shape index (κ1) is 49.2. The molecule has 4 aromatic rings. The lowest BCUT2D eigenvalue weighted by Crippen LogP contribution is -2.62. The second-order valence-electron chi connectivity index (χ2n) is 20.4. The predicted octanol–water partition coefficient (Wildman–Crippen LogP) is 5.79. The number of cyclic esters (lactones) is 1. The molecule has 2 aromatic carbocycles. The molecule has 0 saturated carbocycles. The number of ether oxygens (including phenoxy) is 2. The Morgan fingerprint density at radius 1 is 1.07 bits per heavy atom. The van der Waals surface area contributed by atoms with Gasteiger partial charge in [0.15, 0.2) is 0 Å². The van der Waals surface area contributed by atoms with Crippen LogP contribution in [0.5, 0.6) is 5.75 Å². The van der Waals surface area contributed by atoms with Gasteiger partial charge >= 0.3 is 5.97 Å². The average Bonchev–Trinajstić information content (AvgIpc) is 3.95. The molecule has 4 aliphatic heterocycles. The highest BCUT2D eigenvalue weighted by Gasteiger charge is 2.40. The highest BCUT2D eigenvalue weighted by molar-refractivity contribution is 5.97. The molecule has 368 valence electrons. The van der Waals surface area contributed by atoms with Gasteiger partial charge in [-0.3, -0.25) is 34.0 Å². The number of carbonyl (C=O) groups is 5. The number of hydrogen-bond acceptors (Lipinski definition) is 11. The molecule has 0 spiro atoms. The number of phenols is 1. The number of aromatic hydroxyl groups is 1. The van der Waals surface area contributed by atoms with Gasteiger partial charge in [0.25, 0.3) is 5.91 Å². The van der Waals surface area contributed by atoms with Crippen LogP contribution in [0, 0.1) is 17.3 Å². The highest BCUT2D eigenvalue weighted by Crippen LogP contribution is 2.46. The van der Waals surface area contributed by atoms with Gasteiger partial charge in [0.1, 0.15) is 23.9 Å². The van der Waals surface area contributed by atoms with Crippen LogP contribution in [-0.4, -0.2) is 131 Å². The Morgan fingerprint density at radius 2 is 1.86 bits per heavy atom. The van der Waals surface area contributed by atoms with Crippen LogP contribution >= 0.6 is 0 Å². The summed E-state index contributed by atoms with van der Waals surface area (Å²) in [6.07, 6.45) is 7.69. The minimum absolute atomic E-state index is 0.00995. The molecule has 0 radical (unpaired) electrons. The lowest BCUT2D eigenvalue weighted by Gasteiger charge is -2.37. The molecule has 6 heterocycles. The average molecular weight is 945 g/mol. The summed E-state index contributed by atoms with van der Waals surface area (Å²) in [5.74, 6) is -2.86. The smallest absolute Gasteiger partial charge is 0.324 e. The van der Waals surface area contributed by atoms with Gasteiger partial charge in [-0.25, -0.2) is 5.43 Å². The number of nitrogens with one attached hydrogen (secondary N) is 2. The normalized spacial score (nSPS) is 22.2. The summed E-state index contributed by atoms with van der Waals surface area (Å²) in [4.78, 5) is 79.7. The standard InChI is InChI=1S/C53H68N8O8/c1-10-45(63)59-20-16-34(29-59)50(65)58(8)47(31(3)4)49(64)55-41-23-32-21-35(24-36(62)22-32)33-14-15-42-37(25-33)38(26-53(5,6)30-69-52(67)40-13-12-18-61(56-40)51(41)66)48(60(42)11-2)39-27-54-28-43-46(39)44(68-9)17-19-57(43)7/h10,14-15,21-22,24-25,27-28,31,34,40-41,44,47,56,62H,1,11-13,16-20,23,26,29-30H2,2-9H3,(H,55,64)/t34-,40-,41-,44-,47?/m0/s1. The lowest BCUT2D eigenvalue weighted by atomic mass is 9.83. The van der Waals surface area contributed by atoms with E-state index in [1.165, 1.54) is 16.0 Å². The first-order valence-electron chi connectivity index (χ1n) is 24.4. The first-order valence-corrected chi connectivity index (χ1v) is 24.4. The molecule has 16 heteroatoms. The van der Waals surface area contributed by atoms with Crippen LogP contribution in [0.15, 0.2) is 61.4 Å². The number of likely N-dealkylation sites (tertiary alicyclic amines) is 1. The maximum atomic E-state index is 14.8. The van der Waals surface area contributed by atoms with Gasteiger partial charge in [-0.15, -0.1) is 0 Å². The zero-order chi connectivity index (χ0) is 49.5. The Hall–Kier alpha value is -6.26. The summed E-state index contributed by atoms with van der Waals surface area (Å²) in [6, 6.07) is 8.58. The number of amides is 4. The molecule has 5 atom stereocenters. The van der Waals surface area contributed by atoms with Crippen LogP contribution in [0.1, 0.15) is 83.1 Å². The molecule has 1 unspecified atom stereocenters. The number of carbonyl (C=O) groups excluding carboxylic acids is 5. The fraction of sp³-hybridized carbons (Fsp3) is 0.509. The van der Waals surface area contributed by atoms with E-state index < -0.39 is 47.2 Å². The zero-order valence-corrected chi connectivity index (χ0v) is 41.3. The van der Waals surface area contributed by atoms with Crippen molar-refractivity contribution in [1.29, 1.82) is 0 Å². The van der Waals surface area contributed by atoms with Crippen LogP contribution in [0.2, 0.25) is 0 Å². The van der Waals surface area contributed by atoms with Crippen molar-refractivity contribution in [3.8, 4) is 28.1 Å². The minimum Gasteiger partial charge on any atom is -0.508 e. The quantitative estimate of drug-likeness (QED) is 0.137. The number of hydrazine groups is 1. The summed E-state index contributed by atoms with van der Waals surface area (Å²) in [7, 11) is 5.42. The number of phenolic OH excluding ortho intramolecular Hbond substituents is 1. The molecule has 69 heavy (non-hydrogen) atoms. The first-order chi connectivity index (χ1) is 32.9. The van der Waals surface area contributed by atoms with Crippen LogP contribution in [0.3, 0.4) is 0 Å². The summed E-state index contributed by atoms with van der Waals surface area (Å²) in [6.45, 7) is 16.1. The molecule has 3 N–H and O–H groups in total. The van der Waals surface area contributed by atoms with Crippen molar-refractivity contribution in [2.24, 2.45) is 17.3 Å². The molecular weight excluding hydrogens is 877 g/mol. The number of methoxy groups -OCH3 is 1. The van der Waals surface area contributed by atoms with E-state index in [9.17, 15) is 29.1 Å². The van der Waals surface area contributed by atoms with E-state index in [-0.39, 0.29) is 55.7 Å². The van der Waals surface area contributed by atoms with E-state index in [0.717, 1.165) is 63.1 Å². The van der Waals surface area contributed by atoms with Crippen LogP contribution in [0.25, 0.3) is 33.3 Å². The second kappa shape index (κ2) is 20.0. The molecule has 4 amide bonds. The summed E-state index contributed by atoms with van der Waals surface area (Å²) < 4.78 is 14.6. The number of hydrogen-bond donors (Lipinski definition) is 3. The zero-order valence-electron chi connectivity index (χ0n) is 41.3. The number of esters is 1. The third kappa shape index (κ3) is 9.83. The molecule has 2 aromatic heterocycles. The van der Waals surface area contributed by atoms with E-state index >= 15 is 0 Å². The summed E-state index contributed by atoms with van der Waals surface area (Å²) in [5.41, 5.74) is 10.9. The van der Waals surface area contributed by atoms with Crippen molar-refractivity contribution in [1.82, 2.24) is 35.1 Å². The van der Waals surface area contributed by atoms with Gasteiger partial charge in [0.05, 0.1) is 36.2 Å². The molecule has 6 bridgehead atoms. The topological polar surface area (TPSA) is 179 Å². The third-order valence-corrected chi connectivity index (χ3v) is 14.5. The van der Waals surface area contributed by atoms with Crippen LogP contribution in [-0.2, 0) is 52.8 Å². The van der Waals surface area contributed by atoms with Crippen molar-refractivity contribution in [3.63, 3.8) is 0 Å². The predicted molar refractivity (Wildman–Crippen MR) is 264 cm³/mol. The number of rotatable bonds is 9. The molecule has 2 fully saturated rings. The van der Waals surface area contributed by atoms with Crippen molar-refractivity contribution in [2.75, 3.05) is 58.9 Å². The van der Waals surface area contributed by atoms with E-state index in [4.69, 9.17) is 14.5 Å². The Balaban J connectivity index is 1.21. The summed E-state index contributed by atoms with van der Waals surface area (Å²) in [5, 5.41) is 16.8. The number of aryl methyl sites for hydroxylation is 1. The Bertz CT molecular complexity index is 2660. The van der Waals surface area contributed by atoms with E-state index in [1.807, 2.05) is 38.4 Å². The summed E-state index contributed by atoms with van der Waals surface area (Å²) >= 11 is 0. The molecule has 4 aliphatic rings. The van der Waals surface area contributed by atoms with E-state index in [2.05, 4.69) is 66.7 Å². The Labute approximate surface area is 404 Å². The number of anilines is 1.